The van der Waals surface area contributed by atoms with E-state index in [2.05, 4.69) is 15.5 Å². The van der Waals surface area contributed by atoms with Crippen molar-refractivity contribution in [1.82, 2.24) is 15.0 Å². The molecule has 1 heterocycles. The van der Waals surface area contributed by atoms with Gasteiger partial charge in [0.15, 0.2) is 16.7 Å². The number of carbonyl (C=O) groups is 1. The van der Waals surface area contributed by atoms with Crippen LogP contribution in [0.3, 0.4) is 0 Å². The number of thioether (sulfide) groups is 1. The highest BCUT2D eigenvalue weighted by molar-refractivity contribution is 7.99. The first kappa shape index (κ1) is 23.1. The summed E-state index contributed by atoms with van der Waals surface area (Å²) in [6.45, 7) is 1.97. The maximum absolute atomic E-state index is 13.2. The summed E-state index contributed by atoms with van der Waals surface area (Å²) in [5, 5.41) is 14.9. The van der Waals surface area contributed by atoms with Crippen LogP contribution < -0.4 is 15.7 Å². The van der Waals surface area contributed by atoms with Crippen LogP contribution >= 0.6 is 11.8 Å². The van der Waals surface area contributed by atoms with Gasteiger partial charge in [-0.25, -0.2) is 10.4 Å². The molecule has 3 aromatic carbocycles. The number of carbonyl (C=O) groups excluding carboxylic acids is 1. The van der Waals surface area contributed by atoms with E-state index in [0.717, 1.165) is 17.3 Å². The second-order valence-corrected chi connectivity index (χ2v) is 8.31. The van der Waals surface area contributed by atoms with Gasteiger partial charge in [0.2, 0.25) is 0 Å². The predicted molar refractivity (Wildman–Crippen MR) is 133 cm³/mol. The second-order valence-electron chi connectivity index (χ2n) is 7.37. The van der Waals surface area contributed by atoms with Crippen molar-refractivity contribution < 1.29 is 14.6 Å². The maximum atomic E-state index is 13.2. The first-order chi connectivity index (χ1) is 16.5. The van der Waals surface area contributed by atoms with Crippen molar-refractivity contribution in [2.24, 2.45) is 5.10 Å². The number of hydrogen-bond acceptors (Lipinski definition) is 7. The molecule has 0 unspecified atom stereocenters. The largest absolute Gasteiger partial charge is 0.504 e. The number of amides is 1. The van der Waals surface area contributed by atoms with Crippen molar-refractivity contribution in [1.29, 1.82) is 0 Å². The van der Waals surface area contributed by atoms with E-state index in [4.69, 9.17) is 4.74 Å². The summed E-state index contributed by atoms with van der Waals surface area (Å²) in [5.74, 6) is -0.165. The number of nitrogens with one attached hydrogen (secondary N) is 1. The number of hydrazone groups is 1. The molecule has 2 N–H and O–H groups in total. The molecule has 172 valence electrons. The normalized spacial score (nSPS) is 11.1. The highest BCUT2D eigenvalue weighted by Gasteiger charge is 2.15. The second kappa shape index (κ2) is 10.2. The summed E-state index contributed by atoms with van der Waals surface area (Å²) in [4.78, 5) is 30.3. The quantitative estimate of drug-likeness (QED) is 0.183. The van der Waals surface area contributed by atoms with Gasteiger partial charge in [-0.2, -0.15) is 5.10 Å². The molecule has 8 nitrogen and oxygen atoms in total. The molecule has 4 rings (SSSR count). The molecular weight excluding hydrogens is 452 g/mol. The number of nitrogens with zero attached hydrogens (tertiary/aromatic N) is 3. The van der Waals surface area contributed by atoms with Gasteiger partial charge in [-0.1, -0.05) is 47.7 Å². The highest BCUT2D eigenvalue weighted by Crippen LogP contribution is 2.28. The van der Waals surface area contributed by atoms with Crippen LogP contribution in [0.1, 0.15) is 11.1 Å². The molecule has 9 heteroatoms. The van der Waals surface area contributed by atoms with Gasteiger partial charge in [-0.15, -0.1) is 0 Å². The topological polar surface area (TPSA) is 106 Å². The Bertz CT molecular complexity index is 1430. The molecule has 0 aliphatic rings. The third-order valence-electron chi connectivity index (χ3n) is 5.01. The zero-order valence-electron chi connectivity index (χ0n) is 18.6. The molecule has 0 fully saturated rings. The maximum Gasteiger partial charge on any atom is 0.266 e. The highest BCUT2D eigenvalue weighted by atomic mass is 32.2. The van der Waals surface area contributed by atoms with Crippen molar-refractivity contribution in [2.75, 3.05) is 12.9 Å². The zero-order chi connectivity index (χ0) is 24.1. The smallest absolute Gasteiger partial charge is 0.266 e. The van der Waals surface area contributed by atoms with Crippen LogP contribution in [0.25, 0.3) is 16.6 Å². The lowest BCUT2D eigenvalue weighted by Gasteiger charge is -2.13. The lowest BCUT2D eigenvalue weighted by Crippen LogP contribution is -2.24. The Morgan fingerprint density at radius 2 is 1.91 bits per heavy atom. The van der Waals surface area contributed by atoms with E-state index < -0.39 is 0 Å². The van der Waals surface area contributed by atoms with Gasteiger partial charge in [-0.3, -0.25) is 14.2 Å². The fraction of sp³-hybridized carbons (Fsp3) is 0.120. The first-order valence-electron chi connectivity index (χ1n) is 10.4. The Hall–Kier alpha value is -4.11. The number of para-hydroxylation sites is 2. The van der Waals surface area contributed by atoms with Crippen LogP contribution in [-0.2, 0) is 4.79 Å². The Balaban J connectivity index is 1.55. The number of phenolic OH excluding ortho intramolecular Hbond substituents is 1. The van der Waals surface area contributed by atoms with Crippen LogP contribution in [0, 0.1) is 6.92 Å². The molecule has 0 saturated carbocycles. The van der Waals surface area contributed by atoms with Crippen molar-refractivity contribution in [3.63, 3.8) is 0 Å². The van der Waals surface area contributed by atoms with Gasteiger partial charge in [0.1, 0.15) is 0 Å². The molecule has 1 amide bonds. The van der Waals surface area contributed by atoms with Crippen molar-refractivity contribution in [2.45, 2.75) is 12.1 Å². The molecule has 0 aliphatic heterocycles. The molecule has 4 aromatic rings. The van der Waals surface area contributed by atoms with E-state index >= 15 is 0 Å². The van der Waals surface area contributed by atoms with Gasteiger partial charge in [0.25, 0.3) is 11.5 Å². The number of rotatable bonds is 7. The van der Waals surface area contributed by atoms with Gasteiger partial charge in [0, 0.05) is 5.56 Å². The van der Waals surface area contributed by atoms with E-state index in [1.54, 1.807) is 36.4 Å². The summed E-state index contributed by atoms with van der Waals surface area (Å²) >= 11 is 1.14. The molecule has 0 radical (unpaired) electrons. The molecular formula is C25H22N4O4S. The predicted octanol–water partition coefficient (Wildman–Crippen LogP) is 3.65. The first-order valence-corrected chi connectivity index (χ1v) is 11.4. The van der Waals surface area contributed by atoms with Gasteiger partial charge in [-0.05, 0) is 43.3 Å². The minimum absolute atomic E-state index is 0.0158. The van der Waals surface area contributed by atoms with E-state index in [-0.39, 0.29) is 23.0 Å². The third-order valence-corrected chi connectivity index (χ3v) is 5.95. The van der Waals surface area contributed by atoms with Crippen LogP contribution in [0.2, 0.25) is 0 Å². The standard InChI is InChI=1S/C25H22N4O4S/c1-16-10-12-18(13-11-16)29-24(32)19-7-3-4-8-20(19)27-25(29)34-15-22(30)28-26-14-17-6-5-9-21(33-2)23(17)31/h3-14,31H,15H2,1-2H3,(H,28,30)/b26-14+. The van der Waals surface area contributed by atoms with Crippen molar-refractivity contribution in [3.05, 3.63) is 88.2 Å². The number of hydrogen-bond donors (Lipinski definition) is 2. The molecule has 1 aromatic heterocycles. The third kappa shape index (κ3) is 4.94. The van der Waals surface area contributed by atoms with E-state index in [1.807, 2.05) is 37.3 Å². The Labute approximate surface area is 199 Å². The molecule has 0 aliphatic carbocycles. The fourth-order valence-corrected chi connectivity index (χ4v) is 4.08. The molecule has 0 saturated heterocycles. The number of aryl methyl sites for hydroxylation is 1. The Morgan fingerprint density at radius 3 is 2.68 bits per heavy atom. The zero-order valence-corrected chi connectivity index (χ0v) is 19.4. The number of aromatic nitrogens is 2. The van der Waals surface area contributed by atoms with Gasteiger partial charge < -0.3 is 9.84 Å². The van der Waals surface area contributed by atoms with Crippen LogP contribution in [0.15, 0.2) is 81.8 Å². The molecule has 0 spiro atoms. The van der Waals surface area contributed by atoms with Gasteiger partial charge >= 0.3 is 0 Å². The minimum Gasteiger partial charge on any atom is -0.504 e. The number of benzene rings is 3. The number of methoxy groups -OCH3 is 1. The number of phenols is 1. The lowest BCUT2D eigenvalue weighted by molar-refractivity contribution is -0.118. The van der Waals surface area contributed by atoms with Crippen LogP contribution in [0.4, 0.5) is 0 Å². The van der Waals surface area contributed by atoms with E-state index in [0.29, 0.717) is 33.1 Å². The SMILES string of the molecule is COc1cccc(/C=N/NC(=O)CSc2nc3ccccc3c(=O)n2-c2ccc(C)cc2)c1O. The van der Waals surface area contributed by atoms with Gasteiger partial charge in [0.05, 0.1) is 35.7 Å². The summed E-state index contributed by atoms with van der Waals surface area (Å²) in [5.41, 5.74) is 4.92. The summed E-state index contributed by atoms with van der Waals surface area (Å²) in [7, 11) is 1.45. The monoisotopic (exact) mass is 474 g/mol. The van der Waals surface area contributed by atoms with Crippen LogP contribution in [-0.4, -0.2) is 39.6 Å². The lowest BCUT2D eigenvalue weighted by atomic mass is 10.2. The van der Waals surface area contributed by atoms with E-state index in [1.165, 1.54) is 17.9 Å². The number of fused-ring (bicyclic) bond motifs is 1. The number of aromatic hydroxyl groups is 1. The average molecular weight is 475 g/mol. The summed E-state index contributed by atoms with van der Waals surface area (Å²) in [6, 6.07) is 19.6. The Morgan fingerprint density at radius 1 is 1.15 bits per heavy atom. The number of ether oxygens (including phenoxy) is 1. The van der Waals surface area contributed by atoms with Crippen molar-refractivity contribution >= 4 is 34.8 Å². The van der Waals surface area contributed by atoms with Crippen molar-refractivity contribution in [3.8, 4) is 17.2 Å². The summed E-state index contributed by atoms with van der Waals surface area (Å²) in [6.07, 6.45) is 1.33. The molecule has 0 bridgehead atoms. The van der Waals surface area contributed by atoms with E-state index in [9.17, 15) is 14.7 Å². The van der Waals surface area contributed by atoms with Crippen LogP contribution in [0.5, 0.6) is 11.5 Å². The minimum atomic E-state index is -0.388. The fourth-order valence-electron chi connectivity index (χ4n) is 3.28. The molecule has 34 heavy (non-hydrogen) atoms. The summed E-state index contributed by atoms with van der Waals surface area (Å²) < 4.78 is 6.57. The Kier molecular flexibility index (Phi) is 6.93. The average Bonchev–Trinajstić information content (AvgIpc) is 2.85. The molecule has 0 atom stereocenters.